The van der Waals surface area contributed by atoms with Crippen molar-refractivity contribution in [2.75, 3.05) is 11.5 Å². The van der Waals surface area contributed by atoms with E-state index in [0.29, 0.717) is 27.7 Å². The van der Waals surface area contributed by atoms with Gasteiger partial charge in [-0.1, -0.05) is 23.7 Å². The Morgan fingerprint density at radius 1 is 1.18 bits per heavy atom. The molecule has 1 saturated carbocycles. The average Bonchev–Trinajstić information content (AvgIpc) is 3.56. The van der Waals surface area contributed by atoms with Crippen LogP contribution in [0.25, 0.3) is 5.65 Å². The smallest absolute Gasteiger partial charge is 0.333 e. The van der Waals surface area contributed by atoms with Gasteiger partial charge in [0.2, 0.25) is 5.91 Å². The van der Waals surface area contributed by atoms with Crippen molar-refractivity contribution in [1.82, 2.24) is 14.6 Å². The predicted octanol–water partition coefficient (Wildman–Crippen LogP) is 4.01. The van der Waals surface area contributed by atoms with Crippen LogP contribution in [0.15, 0.2) is 36.5 Å². The van der Waals surface area contributed by atoms with Crippen molar-refractivity contribution in [2.45, 2.75) is 46.1 Å². The summed E-state index contributed by atoms with van der Waals surface area (Å²) in [7, 11) is 0. The Balaban J connectivity index is 1.86. The van der Waals surface area contributed by atoms with Gasteiger partial charge in [-0.3, -0.25) is 18.9 Å². The summed E-state index contributed by atoms with van der Waals surface area (Å²) in [5, 5.41) is 8.78. The number of nitrogens with zero attached hydrogens (tertiary/aromatic N) is 4. The minimum Gasteiger partial charge on any atom is -0.464 e. The lowest BCUT2D eigenvalue weighted by Gasteiger charge is -2.31. The normalized spacial score (nSPS) is 14.2. The molecule has 1 aromatic carbocycles. The van der Waals surface area contributed by atoms with Crippen molar-refractivity contribution in [2.24, 2.45) is 5.92 Å². The second kappa shape index (κ2) is 9.31. The summed E-state index contributed by atoms with van der Waals surface area (Å²) in [5.74, 6) is -0.607. The number of aromatic nitrogens is 3. The van der Waals surface area contributed by atoms with Crippen LogP contribution in [-0.2, 0) is 19.1 Å². The fourth-order valence-electron chi connectivity index (χ4n) is 3.86. The van der Waals surface area contributed by atoms with Gasteiger partial charge in [0, 0.05) is 17.1 Å². The number of carbonyl (C=O) groups excluding carboxylic acids is 3. The molecule has 172 valence electrons. The van der Waals surface area contributed by atoms with Gasteiger partial charge in [-0.2, -0.15) is 0 Å². The van der Waals surface area contributed by atoms with Gasteiger partial charge < -0.3 is 4.74 Å². The molecule has 0 aliphatic heterocycles. The molecule has 2 aromatic heterocycles. The molecule has 33 heavy (non-hydrogen) atoms. The summed E-state index contributed by atoms with van der Waals surface area (Å²) in [5.41, 5.74) is 2.41. The van der Waals surface area contributed by atoms with Crippen LogP contribution < -0.4 is 4.90 Å². The van der Waals surface area contributed by atoms with Crippen LogP contribution in [0.1, 0.15) is 49.2 Å². The molecule has 1 unspecified atom stereocenters. The molecule has 3 aromatic rings. The van der Waals surface area contributed by atoms with Crippen LogP contribution in [0, 0.1) is 19.8 Å². The van der Waals surface area contributed by atoms with E-state index in [1.165, 1.54) is 4.90 Å². The summed E-state index contributed by atoms with van der Waals surface area (Å²) in [6.45, 7) is 5.51. The Hall–Kier alpha value is -3.26. The molecule has 0 bridgehead atoms. The number of fused-ring (bicyclic) bond motifs is 1. The SMILES string of the molecule is CCOC(=O)C(c1ccc(Cl)cc1)N(C(=O)CC(=O)C1CC1)c1cc(C)c2nnc(C)n2c1. The number of benzene rings is 1. The summed E-state index contributed by atoms with van der Waals surface area (Å²) in [6, 6.07) is 7.35. The number of amides is 1. The Kier molecular flexibility index (Phi) is 6.47. The molecule has 0 spiro atoms. The Morgan fingerprint density at radius 2 is 1.88 bits per heavy atom. The van der Waals surface area contributed by atoms with Crippen molar-refractivity contribution < 1.29 is 19.1 Å². The first-order chi connectivity index (χ1) is 15.8. The first-order valence-electron chi connectivity index (χ1n) is 10.9. The van der Waals surface area contributed by atoms with Gasteiger partial charge in [-0.05, 0) is 62.9 Å². The molecule has 0 radical (unpaired) electrons. The zero-order valence-corrected chi connectivity index (χ0v) is 19.5. The third-order valence-electron chi connectivity index (χ3n) is 5.70. The van der Waals surface area contributed by atoms with E-state index in [1.54, 1.807) is 54.8 Å². The fraction of sp³-hybridized carbons (Fsp3) is 0.375. The van der Waals surface area contributed by atoms with E-state index in [4.69, 9.17) is 16.3 Å². The van der Waals surface area contributed by atoms with Gasteiger partial charge in [0.25, 0.3) is 0 Å². The Morgan fingerprint density at radius 3 is 2.52 bits per heavy atom. The summed E-state index contributed by atoms with van der Waals surface area (Å²) in [4.78, 5) is 40.6. The number of esters is 1. The highest BCUT2D eigenvalue weighted by molar-refractivity contribution is 6.30. The molecule has 1 fully saturated rings. The van der Waals surface area contributed by atoms with E-state index >= 15 is 0 Å². The third-order valence-corrected chi connectivity index (χ3v) is 5.96. The minimum atomic E-state index is -1.09. The fourth-order valence-corrected chi connectivity index (χ4v) is 3.98. The molecule has 4 rings (SSSR count). The van der Waals surface area contributed by atoms with Crippen LogP contribution in [0.2, 0.25) is 5.02 Å². The monoisotopic (exact) mass is 468 g/mol. The molecule has 8 nitrogen and oxygen atoms in total. The Bertz CT molecular complexity index is 1220. The number of ether oxygens (including phenoxy) is 1. The first-order valence-corrected chi connectivity index (χ1v) is 11.3. The maximum atomic E-state index is 13.6. The summed E-state index contributed by atoms with van der Waals surface area (Å²) in [6.07, 6.45) is 3.02. The van der Waals surface area contributed by atoms with E-state index in [9.17, 15) is 14.4 Å². The van der Waals surface area contributed by atoms with Gasteiger partial charge in [0.15, 0.2) is 11.7 Å². The highest BCUT2D eigenvalue weighted by Crippen LogP contribution is 2.34. The highest BCUT2D eigenvalue weighted by atomic mass is 35.5. The molecular formula is C24H25ClN4O4. The molecule has 0 N–H and O–H groups in total. The molecule has 0 saturated heterocycles. The zero-order chi connectivity index (χ0) is 23.7. The maximum absolute atomic E-state index is 13.6. The number of ketones is 1. The van der Waals surface area contributed by atoms with Crippen LogP contribution in [0.3, 0.4) is 0 Å². The molecule has 2 heterocycles. The lowest BCUT2D eigenvalue weighted by molar-refractivity contribution is -0.146. The number of hydrogen-bond acceptors (Lipinski definition) is 6. The van der Waals surface area contributed by atoms with Crippen molar-refractivity contribution in [3.8, 4) is 0 Å². The van der Waals surface area contributed by atoms with Gasteiger partial charge in [-0.25, -0.2) is 4.79 Å². The largest absolute Gasteiger partial charge is 0.464 e. The number of halogens is 1. The number of aryl methyl sites for hydroxylation is 2. The first kappa shape index (κ1) is 22.9. The summed E-state index contributed by atoms with van der Waals surface area (Å²) >= 11 is 6.06. The van der Waals surface area contributed by atoms with Gasteiger partial charge in [0.1, 0.15) is 11.6 Å². The number of Topliss-reactive ketones (excluding diaryl/α,β-unsaturated/α-hetero) is 1. The van der Waals surface area contributed by atoms with Crippen LogP contribution in [0.4, 0.5) is 5.69 Å². The van der Waals surface area contributed by atoms with E-state index in [2.05, 4.69) is 10.2 Å². The summed E-state index contributed by atoms with van der Waals surface area (Å²) < 4.78 is 7.11. The van der Waals surface area contributed by atoms with E-state index < -0.39 is 17.9 Å². The Labute approximate surface area is 196 Å². The molecule has 1 aliphatic rings. The van der Waals surface area contributed by atoms with E-state index in [1.807, 2.05) is 6.92 Å². The number of hydrogen-bond donors (Lipinski definition) is 0. The van der Waals surface area contributed by atoms with Gasteiger partial charge >= 0.3 is 5.97 Å². The standard InChI is InChI=1S/C24H25ClN4O4/c1-4-33-24(32)22(17-7-9-18(25)10-8-17)29(21(31)12-20(30)16-5-6-16)19-11-14(2)23-27-26-15(3)28(23)13-19/h7-11,13,16,22H,4-6,12H2,1-3H3. The number of anilines is 1. The highest BCUT2D eigenvalue weighted by Gasteiger charge is 2.38. The number of carbonyl (C=O) groups is 3. The van der Waals surface area contributed by atoms with Crippen molar-refractivity contribution in [3.05, 3.63) is 58.5 Å². The molecule has 9 heteroatoms. The van der Waals surface area contributed by atoms with E-state index in [0.717, 1.165) is 18.4 Å². The topological polar surface area (TPSA) is 93.9 Å². The van der Waals surface area contributed by atoms with Gasteiger partial charge in [0.05, 0.1) is 18.7 Å². The van der Waals surface area contributed by atoms with Crippen LogP contribution in [-0.4, -0.2) is 38.9 Å². The van der Waals surface area contributed by atoms with Crippen LogP contribution in [0.5, 0.6) is 0 Å². The lowest BCUT2D eigenvalue weighted by atomic mass is 10.0. The third kappa shape index (κ3) is 4.75. The number of rotatable bonds is 8. The molecule has 1 atom stereocenters. The second-order valence-corrected chi connectivity index (χ2v) is 8.65. The van der Waals surface area contributed by atoms with Crippen molar-refractivity contribution >= 4 is 40.6 Å². The van der Waals surface area contributed by atoms with Crippen LogP contribution >= 0.6 is 11.6 Å². The molecule has 1 aliphatic carbocycles. The lowest BCUT2D eigenvalue weighted by Crippen LogP contribution is -2.41. The maximum Gasteiger partial charge on any atom is 0.333 e. The molecular weight excluding hydrogens is 444 g/mol. The minimum absolute atomic E-state index is 0.0725. The quantitative estimate of drug-likeness (QED) is 0.366. The average molecular weight is 469 g/mol. The van der Waals surface area contributed by atoms with E-state index in [-0.39, 0.29) is 24.7 Å². The molecule has 1 amide bonds. The van der Waals surface area contributed by atoms with Crippen molar-refractivity contribution in [3.63, 3.8) is 0 Å². The second-order valence-electron chi connectivity index (χ2n) is 8.21. The van der Waals surface area contributed by atoms with Gasteiger partial charge in [-0.15, -0.1) is 10.2 Å². The number of pyridine rings is 1. The predicted molar refractivity (Wildman–Crippen MR) is 123 cm³/mol. The van der Waals surface area contributed by atoms with Crippen molar-refractivity contribution in [1.29, 1.82) is 0 Å². The zero-order valence-electron chi connectivity index (χ0n) is 18.7.